The molecule has 1 fully saturated rings. The number of benzene rings is 1. The number of nitrogens with zero attached hydrogens (tertiary/aromatic N) is 3. The number of aromatic nitrogens is 2. The molecule has 25 heavy (non-hydrogen) atoms. The van der Waals surface area contributed by atoms with E-state index >= 15 is 0 Å². The summed E-state index contributed by atoms with van der Waals surface area (Å²) in [5.41, 5.74) is 2.29. The van der Waals surface area contributed by atoms with Gasteiger partial charge in [0.25, 0.3) is 0 Å². The number of carbonyl (C=O) groups excluding carboxylic acids is 1. The normalized spacial score (nSPS) is 19.0. The third-order valence-corrected chi connectivity index (χ3v) is 4.71. The van der Waals surface area contributed by atoms with Crippen LogP contribution in [0.3, 0.4) is 0 Å². The van der Waals surface area contributed by atoms with E-state index in [2.05, 4.69) is 11.3 Å². The van der Waals surface area contributed by atoms with Crippen molar-refractivity contribution in [2.45, 2.75) is 39.3 Å². The quantitative estimate of drug-likeness (QED) is 0.810. The standard InChI is InChI=1S/C20H27N3O2/c1-16-11-21-23(12-16)19-9-6-10-22(13-19)20(24)17(2)14-25-15-18-7-4-3-5-8-18/h3-5,7-8,11-12,17,19H,6,9-10,13-15H2,1-2H3. The molecular formula is C20H27N3O2. The minimum atomic E-state index is -0.123. The molecule has 1 aliphatic heterocycles. The fourth-order valence-electron chi connectivity index (χ4n) is 3.31. The average molecular weight is 341 g/mol. The molecule has 0 saturated carbocycles. The summed E-state index contributed by atoms with van der Waals surface area (Å²) in [7, 11) is 0. The Hall–Kier alpha value is -2.14. The number of hydrogen-bond donors (Lipinski definition) is 0. The lowest BCUT2D eigenvalue weighted by Crippen LogP contribution is -2.44. The van der Waals surface area contributed by atoms with Gasteiger partial charge in [0.1, 0.15) is 0 Å². The van der Waals surface area contributed by atoms with Gasteiger partial charge in [-0.05, 0) is 30.9 Å². The summed E-state index contributed by atoms with van der Waals surface area (Å²) in [5, 5.41) is 4.42. The van der Waals surface area contributed by atoms with Crippen LogP contribution in [0.2, 0.25) is 0 Å². The average Bonchev–Trinajstić information content (AvgIpc) is 3.08. The molecule has 5 heteroatoms. The summed E-state index contributed by atoms with van der Waals surface area (Å²) in [5.74, 6) is 0.0588. The molecule has 0 aliphatic carbocycles. The summed E-state index contributed by atoms with van der Waals surface area (Å²) in [6.45, 7) is 6.57. The van der Waals surface area contributed by atoms with Crippen LogP contribution in [-0.2, 0) is 16.1 Å². The second kappa shape index (κ2) is 8.30. The summed E-state index contributed by atoms with van der Waals surface area (Å²) in [6.07, 6.45) is 6.03. The SMILES string of the molecule is Cc1cnn(C2CCCN(C(=O)C(C)COCc3ccccc3)C2)c1. The second-order valence-corrected chi connectivity index (χ2v) is 6.98. The van der Waals surface area contributed by atoms with E-state index in [9.17, 15) is 4.79 Å². The number of hydrogen-bond acceptors (Lipinski definition) is 3. The third-order valence-electron chi connectivity index (χ3n) is 4.71. The van der Waals surface area contributed by atoms with Gasteiger partial charge in [0, 0.05) is 19.3 Å². The Morgan fingerprint density at radius 3 is 2.88 bits per heavy atom. The molecule has 1 aromatic heterocycles. The molecule has 1 amide bonds. The van der Waals surface area contributed by atoms with Crippen molar-refractivity contribution in [1.82, 2.24) is 14.7 Å². The van der Waals surface area contributed by atoms with E-state index in [1.807, 2.05) is 60.0 Å². The molecule has 0 spiro atoms. The predicted molar refractivity (Wildman–Crippen MR) is 97.1 cm³/mol. The molecule has 1 aliphatic rings. The third kappa shape index (κ3) is 4.69. The molecule has 2 atom stereocenters. The summed E-state index contributed by atoms with van der Waals surface area (Å²) in [4.78, 5) is 14.7. The van der Waals surface area contributed by atoms with Crippen LogP contribution in [0.15, 0.2) is 42.7 Å². The fourth-order valence-corrected chi connectivity index (χ4v) is 3.31. The maximum absolute atomic E-state index is 12.7. The topological polar surface area (TPSA) is 47.4 Å². The van der Waals surface area contributed by atoms with Crippen molar-refractivity contribution in [2.24, 2.45) is 5.92 Å². The van der Waals surface area contributed by atoms with E-state index < -0.39 is 0 Å². The molecule has 2 unspecified atom stereocenters. The fraction of sp³-hybridized carbons (Fsp3) is 0.500. The van der Waals surface area contributed by atoms with Gasteiger partial charge in [0.2, 0.25) is 5.91 Å². The maximum atomic E-state index is 12.7. The first-order valence-electron chi connectivity index (χ1n) is 9.04. The maximum Gasteiger partial charge on any atom is 0.227 e. The van der Waals surface area contributed by atoms with Gasteiger partial charge in [-0.25, -0.2) is 0 Å². The van der Waals surface area contributed by atoms with E-state index in [4.69, 9.17) is 4.74 Å². The highest BCUT2D eigenvalue weighted by molar-refractivity contribution is 5.78. The predicted octanol–water partition coefficient (Wildman–Crippen LogP) is 3.21. The zero-order chi connectivity index (χ0) is 17.6. The van der Waals surface area contributed by atoms with E-state index in [1.165, 1.54) is 0 Å². The first kappa shape index (κ1) is 17.7. The molecule has 1 aromatic carbocycles. The highest BCUT2D eigenvalue weighted by Crippen LogP contribution is 2.22. The first-order valence-corrected chi connectivity index (χ1v) is 9.04. The van der Waals surface area contributed by atoms with Gasteiger partial charge in [-0.3, -0.25) is 9.48 Å². The van der Waals surface area contributed by atoms with Crippen LogP contribution >= 0.6 is 0 Å². The van der Waals surface area contributed by atoms with Crippen molar-refractivity contribution in [1.29, 1.82) is 0 Å². The van der Waals surface area contributed by atoms with Gasteiger partial charge in [-0.2, -0.15) is 5.10 Å². The van der Waals surface area contributed by atoms with Crippen LogP contribution in [0.1, 0.15) is 36.9 Å². The number of rotatable bonds is 6. The number of amides is 1. The Morgan fingerprint density at radius 2 is 2.16 bits per heavy atom. The largest absolute Gasteiger partial charge is 0.376 e. The lowest BCUT2D eigenvalue weighted by Gasteiger charge is -2.34. The van der Waals surface area contributed by atoms with Gasteiger partial charge in [0.05, 0.1) is 31.4 Å². The van der Waals surface area contributed by atoms with Crippen molar-refractivity contribution in [3.8, 4) is 0 Å². The van der Waals surface area contributed by atoms with E-state index in [0.717, 1.165) is 37.1 Å². The first-order chi connectivity index (χ1) is 12.1. The molecule has 0 radical (unpaired) electrons. The van der Waals surface area contributed by atoms with Crippen LogP contribution < -0.4 is 0 Å². The number of carbonyl (C=O) groups is 1. The van der Waals surface area contributed by atoms with Crippen molar-refractivity contribution in [2.75, 3.05) is 19.7 Å². The van der Waals surface area contributed by atoms with Crippen LogP contribution in [0, 0.1) is 12.8 Å². The summed E-state index contributed by atoms with van der Waals surface area (Å²) < 4.78 is 7.75. The molecule has 0 N–H and O–H groups in total. The number of piperidine rings is 1. The highest BCUT2D eigenvalue weighted by atomic mass is 16.5. The molecule has 5 nitrogen and oxygen atoms in total. The molecule has 2 aromatic rings. The van der Waals surface area contributed by atoms with Gasteiger partial charge < -0.3 is 9.64 Å². The van der Waals surface area contributed by atoms with Crippen molar-refractivity contribution in [3.63, 3.8) is 0 Å². The van der Waals surface area contributed by atoms with Crippen molar-refractivity contribution < 1.29 is 9.53 Å². The summed E-state index contributed by atoms with van der Waals surface area (Å²) >= 11 is 0. The molecular weight excluding hydrogens is 314 g/mol. The Balaban J connectivity index is 1.49. The van der Waals surface area contributed by atoms with Crippen molar-refractivity contribution in [3.05, 3.63) is 53.9 Å². The minimum Gasteiger partial charge on any atom is -0.376 e. The van der Waals surface area contributed by atoms with Crippen LogP contribution in [-0.4, -0.2) is 40.3 Å². The number of likely N-dealkylation sites (tertiary alicyclic amines) is 1. The van der Waals surface area contributed by atoms with Gasteiger partial charge in [-0.15, -0.1) is 0 Å². The van der Waals surface area contributed by atoms with Crippen LogP contribution in [0.25, 0.3) is 0 Å². The van der Waals surface area contributed by atoms with Gasteiger partial charge in [-0.1, -0.05) is 37.3 Å². The lowest BCUT2D eigenvalue weighted by molar-refractivity contribution is -0.138. The molecule has 2 heterocycles. The van der Waals surface area contributed by atoms with Crippen LogP contribution in [0.5, 0.6) is 0 Å². The molecule has 134 valence electrons. The number of ether oxygens (including phenoxy) is 1. The zero-order valence-corrected chi connectivity index (χ0v) is 15.1. The lowest BCUT2D eigenvalue weighted by atomic mass is 10.0. The van der Waals surface area contributed by atoms with Gasteiger partial charge in [0.15, 0.2) is 0 Å². The second-order valence-electron chi connectivity index (χ2n) is 6.98. The van der Waals surface area contributed by atoms with E-state index in [1.54, 1.807) is 0 Å². The molecule has 3 rings (SSSR count). The monoisotopic (exact) mass is 341 g/mol. The van der Waals surface area contributed by atoms with Crippen LogP contribution in [0.4, 0.5) is 0 Å². The molecule has 0 bridgehead atoms. The Bertz CT molecular complexity index is 683. The molecule has 1 saturated heterocycles. The van der Waals surface area contributed by atoms with Crippen molar-refractivity contribution >= 4 is 5.91 Å². The van der Waals surface area contributed by atoms with E-state index in [0.29, 0.717) is 13.2 Å². The Labute approximate surface area is 149 Å². The zero-order valence-electron chi connectivity index (χ0n) is 15.1. The highest BCUT2D eigenvalue weighted by Gasteiger charge is 2.28. The Kier molecular flexibility index (Phi) is 5.87. The smallest absolute Gasteiger partial charge is 0.227 e. The minimum absolute atomic E-state index is 0.123. The number of aryl methyl sites for hydroxylation is 1. The summed E-state index contributed by atoms with van der Waals surface area (Å²) in [6, 6.07) is 10.3. The Morgan fingerprint density at radius 1 is 1.36 bits per heavy atom. The van der Waals surface area contributed by atoms with Gasteiger partial charge >= 0.3 is 0 Å². The van der Waals surface area contributed by atoms with E-state index in [-0.39, 0.29) is 17.9 Å².